The molecule has 0 aliphatic rings. The van der Waals surface area contributed by atoms with E-state index in [1.807, 2.05) is 41.1 Å². The van der Waals surface area contributed by atoms with E-state index in [2.05, 4.69) is 15.4 Å². The molecule has 0 aliphatic heterocycles. The summed E-state index contributed by atoms with van der Waals surface area (Å²) in [5.74, 6) is 0.282. The fourth-order valence-corrected chi connectivity index (χ4v) is 2.31. The number of nitrogens with zero attached hydrogens (tertiary/aromatic N) is 4. The van der Waals surface area contributed by atoms with E-state index in [1.54, 1.807) is 0 Å². The lowest BCUT2D eigenvalue weighted by Gasteiger charge is -2.03. The molecule has 3 rings (SSSR count). The van der Waals surface area contributed by atoms with Crippen molar-refractivity contribution >= 4 is 34.1 Å². The van der Waals surface area contributed by atoms with Crippen LogP contribution in [-0.2, 0) is 6.54 Å². The maximum absolute atomic E-state index is 5.86. The molecule has 0 amide bonds. The van der Waals surface area contributed by atoms with Gasteiger partial charge in [0.05, 0.1) is 5.39 Å². The molecule has 0 aliphatic carbocycles. The van der Waals surface area contributed by atoms with E-state index in [0.717, 1.165) is 5.56 Å². The highest BCUT2D eigenvalue weighted by molar-refractivity contribution is 7.80. The van der Waals surface area contributed by atoms with Crippen molar-refractivity contribution in [1.82, 2.24) is 20.0 Å². The summed E-state index contributed by atoms with van der Waals surface area (Å²) in [6, 6.07) is 10.0. The second-order valence-corrected chi connectivity index (χ2v) is 4.83. The van der Waals surface area contributed by atoms with Gasteiger partial charge in [-0.15, -0.1) is 10.2 Å². The van der Waals surface area contributed by atoms with Crippen molar-refractivity contribution in [2.24, 2.45) is 5.73 Å². The average Bonchev–Trinajstić information content (AvgIpc) is 2.81. The Balaban J connectivity index is 2.17. The highest BCUT2D eigenvalue weighted by Crippen LogP contribution is 2.23. The Bertz CT molecular complexity index is 780. The van der Waals surface area contributed by atoms with Crippen LogP contribution < -0.4 is 11.5 Å². The van der Waals surface area contributed by atoms with Crippen molar-refractivity contribution in [3.63, 3.8) is 0 Å². The molecule has 2 heterocycles. The molecule has 0 bridgehead atoms. The van der Waals surface area contributed by atoms with Crippen LogP contribution in [0.5, 0.6) is 0 Å². The summed E-state index contributed by atoms with van der Waals surface area (Å²) in [7, 11) is 0. The predicted octanol–water partition coefficient (Wildman–Crippen LogP) is 1.09. The van der Waals surface area contributed by atoms with Gasteiger partial charge in [-0.25, -0.2) is 0 Å². The Morgan fingerprint density at radius 1 is 1.20 bits per heavy atom. The third-order valence-corrected chi connectivity index (χ3v) is 3.28. The smallest absolute Gasteiger partial charge is 0.169 e. The summed E-state index contributed by atoms with van der Waals surface area (Å²) in [6.07, 6.45) is 1.84. The van der Waals surface area contributed by atoms with Gasteiger partial charge in [0, 0.05) is 18.3 Å². The van der Waals surface area contributed by atoms with Crippen molar-refractivity contribution in [2.45, 2.75) is 6.54 Å². The number of hydrogen-bond acceptors (Lipinski definition) is 5. The van der Waals surface area contributed by atoms with E-state index >= 15 is 0 Å². The summed E-state index contributed by atoms with van der Waals surface area (Å²) in [4.78, 5) is 0.267. The van der Waals surface area contributed by atoms with Gasteiger partial charge >= 0.3 is 0 Å². The zero-order valence-corrected chi connectivity index (χ0v) is 11.3. The molecule has 4 N–H and O–H groups in total. The van der Waals surface area contributed by atoms with Crippen molar-refractivity contribution in [2.75, 3.05) is 5.73 Å². The van der Waals surface area contributed by atoms with Crippen molar-refractivity contribution in [1.29, 1.82) is 0 Å². The first-order chi connectivity index (χ1) is 9.66. The summed E-state index contributed by atoms with van der Waals surface area (Å²) >= 11 is 5.06. The number of nitrogens with two attached hydrogens (primary N) is 2. The van der Waals surface area contributed by atoms with Gasteiger partial charge in [-0.05, 0) is 10.8 Å². The minimum Gasteiger partial charge on any atom is -0.389 e. The number of fused-ring (bicyclic) bond motifs is 1. The summed E-state index contributed by atoms with van der Waals surface area (Å²) in [5, 5.41) is 12.1. The molecule has 1 aromatic carbocycles. The maximum atomic E-state index is 5.86. The Kier molecular flexibility index (Phi) is 3.03. The van der Waals surface area contributed by atoms with Gasteiger partial charge in [0.25, 0.3) is 0 Å². The van der Waals surface area contributed by atoms with Crippen LogP contribution in [0.3, 0.4) is 0 Å². The van der Waals surface area contributed by atoms with Crippen molar-refractivity contribution < 1.29 is 0 Å². The normalized spacial score (nSPS) is 10.8. The van der Waals surface area contributed by atoms with Gasteiger partial charge in [-0.1, -0.05) is 42.5 Å². The van der Waals surface area contributed by atoms with E-state index in [1.165, 1.54) is 0 Å². The molecular formula is C13H12N6S. The van der Waals surface area contributed by atoms with Gasteiger partial charge in [0.2, 0.25) is 0 Å². The zero-order chi connectivity index (χ0) is 14.1. The number of aromatic nitrogens is 4. The van der Waals surface area contributed by atoms with Gasteiger partial charge in [0.1, 0.15) is 4.99 Å². The average molecular weight is 284 g/mol. The Labute approximate surface area is 120 Å². The molecule has 0 saturated heterocycles. The monoisotopic (exact) mass is 284 g/mol. The molecule has 100 valence electrons. The molecule has 0 atom stereocenters. The lowest BCUT2D eigenvalue weighted by atomic mass is 10.2. The predicted molar refractivity (Wildman–Crippen MR) is 81.2 cm³/mol. The van der Waals surface area contributed by atoms with Crippen LogP contribution in [-0.4, -0.2) is 25.0 Å². The second kappa shape index (κ2) is 4.86. The van der Waals surface area contributed by atoms with E-state index in [-0.39, 0.29) is 10.8 Å². The van der Waals surface area contributed by atoms with Crippen LogP contribution >= 0.6 is 12.2 Å². The second-order valence-electron chi connectivity index (χ2n) is 4.39. The van der Waals surface area contributed by atoms with Crippen molar-refractivity contribution in [3.8, 4) is 0 Å². The highest BCUT2D eigenvalue weighted by atomic mass is 32.1. The molecule has 6 nitrogen and oxygen atoms in total. The number of anilines is 1. The standard InChI is InChI=1S/C13H12N6S/c14-11-10-9(12(15)20)7-19(13(10)17-18-16-11)6-8-4-2-1-3-5-8/h1-5,7H,6H2,(H2,15,20)(H2,14,16,17). The summed E-state index contributed by atoms with van der Waals surface area (Å²) in [5.41, 5.74) is 14.0. The van der Waals surface area contributed by atoms with E-state index < -0.39 is 0 Å². The van der Waals surface area contributed by atoms with Gasteiger partial charge < -0.3 is 16.0 Å². The number of nitrogen functional groups attached to an aromatic ring is 1. The van der Waals surface area contributed by atoms with Crippen molar-refractivity contribution in [3.05, 3.63) is 47.7 Å². The Morgan fingerprint density at radius 2 is 1.95 bits per heavy atom. The maximum Gasteiger partial charge on any atom is 0.169 e. The number of hydrogen-bond donors (Lipinski definition) is 2. The highest BCUT2D eigenvalue weighted by Gasteiger charge is 2.16. The first kappa shape index (κ1) is 12.5. The lowest BCUT2D eigenvalue weighted by Crippen LogP contribution is -2.09. The van der Waals surface area contributed by atoms with E-state index in [0.29, 0.717) is 23.1 Å². The quantitative estimate of drug-likeness (QED) is 0.699. The first-order valence-electron chi connectivity index (χ1n) is 5.98. The van der Waals surface area contributed by atoms with Crippen LogP contribution in [0, 0.1) is 0 Å². The number of rotatable bonds is 3. The SMILES string of the molecule is NC(=S)c1cn(Cc2ccccc2)c2nnnc(N)c12. The van der Waals surface area contributed by atoms with Gasteiger partial charge in [-0.2, -0.15) is 0 Å². The Hall–Kier alpha value is -2.54. The van der Waals surface area contributed by atoms with E-state index in [4.69, 9.17) is 23.7 Å². The molecule has 7 heteroatoms. The Morgan fingerprint density at radius 3 is 2.65 bits per heavy atom. The molecule has 3 aromatic rings. The number of benzene rings is 1. The zero-order valence-electron chi connectivity index (χ0n) is 10.5. The molecule has 0 saturated carbocycles. The first-order valence-corrected chi connectivity index (χ1v) is 6.39. The molecule has 20 heavy (non-hydrogen) atoms. The fourth-order valence-electron chi connectivity index (χ4n) is 2.16. The van der Waals surface area contributed by atoms with Crippen LogP contribution in [0.25, 0.3) is 11.0 Å². The minimum atomic E-state index is 0.267. The molecule has 0 fully saturated rings. The third kappa shape index (κ3) is 2.08. The lowest BCUT2D eigenvalue weighted by molar-refractivity contribution is 0.796. The third-order valence-electron chi connectivity index (χ3n) is 3.06. The topological polar surface area (TPSA) is 95.6 Å². The van der Waals surface area contributed by atoms with E-state index in [9.17, 15) is 0 Å². The summed E-state index contributed by atoms with van der Waals surface area (Å²) < 4.78 is 1.92. The largest absolute Gasteiger partial charge is 0.389 e. The fraction of sp³-hybridized carbons (Fsp3) is 0.0769. The minimum absolute atomic E-state index is 0.267. The molecular weight excluding hydrogens is 272 g/mol. The van der Waals surface area contributed by atoms with Crippen LogP contribution in [0.2, 0.25) is 0 Å². The molecule has 0 unspecified atom stereocenters. The molecule has 0 radical (unpaired) electrons. The van der Waals surface area contributed by atoms with Crippen LogP contribution in [0.4, 0.5) is 5.82 Å². The van der Waals surface area contributed by atoms with Crippen LogP contribution in [0.15, 0.2) is 36.5 Å². The molecule has 2 aromatic heterocycles. The summed E-state index contributed by atoms with van der Waals surface area (Å²) in [6.45, 7) is 0.637. The number of thiocarbonyl (C=S) groups is 1. The van der Waals surface area contributed by atoms with Gasteiger partial charge in [-0.3, -0.25) is 0 Å². The molecule has 0 spiro atoms. The van der Waals surface area contributed by atoms with Crippen LogP contribution in [0.1, 0.15) is 11.1 Å². The van der Waals surface area contributed by atoms with Gasteiger partial charge in [0.15, 0.2) is 11.5 Å².